The van der Waals surface area contributed by atoms with Crippen LogP contribution in [0, 0.1) is 23.0 Å². The van der Waals surface area contributed by atoms with Crippen LogP contribution in [-0.4, -0.2) is 19.6 Å². The standard InChI is InChI=1S/C14H17F2NO2/c1-19-13(18)14(8-17,10-5-6-10)7-9-3-2-4-11(15)12(9)16/h2-4,10H,5-8,17H2,1H3. The van der Waals surface area contributed by atoms with Crippen LogP contribution in [0.25, 0.3) is 0 Å². The zero-order valence-corrected chi connectivity index (χ0v) is 10.8. The van der Waals surface area contributed by atoms with Gasteiger partial charge in [-0.15, -0.1) is 0 Å². The molecule has 1 fully saturated rings. The Balaban J connectivity index is 2.35. The van der Waals surface area contributed by atoms with Gasteiger partial charge in [0.25, 0.3) is 0 Å². The lowest BCUT2D eigenvalue weighted by Gasteiger charge is -2.30. The number of hydrogen-bond donors (Lipinski definition) is 1. The second-order valence-electron chi connectivity index (χ2n) is 5.02. The van der Waals surface area contributed by atoms with E-state index in [1.54, 1.807) is 0 Å². The molecule has 19 heavy (non-hydrogen) atoms. The smallest absolute Gasteiger partial charge is 0.313 e. The molecule has 1 aliphatic rings. The highest BCUT2D eigenvalue weighted by molar-refractivity contribution is 5.78. The molecule has 0 aliphatic heterocycles. The van der Waals surface area contributed by atoms with Crippen LogP contribution in [0.5, 0.6) is 0 Å². The molecule has 0 aromatic heterocycles. The van der Waals surface area contributed by atoms with Crippen molar-refractivity contribution in [3.8, 4) is 0 Å². The maximum absolute atomic E-state index is 13.8. The summed E-state index contributed by atoms with van der Waals surface area (Å²) in [5.41, 5.74) is 4.97. The minimum atomic E-state index is -0.941. The summed E-state index contributed by atoms with van der Waals surface area (Å²) in [5, 5.41) is 0. The van der Waals surface area contributed by atoms with Crippen molar-refractivity contribution in [3.63, 3.8) is 0 Å². The molecule has 0 heterocycles. The summed E-state index contributed by atoms with van der Waals surface area (Å²) in [4.78, 5) is 12.0. The quantitative estimate of drug-likeness (QED) is 0.832. The molecule has 0 spiro atoms. The molecule has 2 N–H and O–H groups in total. The van der Waals surface area contributed by atoms with Gasteiger partial charge in [0.15, 0.2) is 11.6 Å². The molecule has 1 saturated carbocycles. The Hall–Kier alpha value is -1.49. The lowest BCUT2D eigenvalue weighted by molar-refractivity contribution is -0.153. The fourth-order valence-corrected chi connectivity index (χ4v) is 2.57. The van der Waals surface area contributed by atoms with Gasteiger partial charge in [0.2, 0.25) is 0 Å². The third-order valence-corrected chi connectivity index (χ3v) is 3.85. The Morgan fingerprint density at radius 1 is 1.47 bits per heavy atom. The highest BCUT2D eigenvalue weighted by Gasteiger charge is 2.51. The summed E-state index contributed by atoms with van der Waals surface area (Å²) in [5.74, 6) is -2.18. The number of halogens is 2. The first-order chi connectivity index (χ1) is 9.05. The van der Waals surface area contributed by atoms with Crippen molar-refractivity contribution in [1.29, 1.82) is 0 Å². The van der Waals surface area contributed by atoms with Crippen LogP contribution in [0.2, 0.25) is 0 Å². The molecular weight excluding hydrogens is 252 g/mol. The lowest BCUT2D eigenvalue weighted by atomic mass is 9.77. The summed E-state index contributed by atoms with van der Waals surface area (Å²) in [6, 6.07) is 3.96. The highest BCUT2D eigenvalue weighted by atomic mass is 19.2. The predicted octanol–water partition coefficient (Wildman–Crippen LogP) is 2.04. The number of carbonyl (C=O) groups excluding carboxylic acids is 1. The van der Waals surface area contributed by atoms with Crippen molar-refractivity contribution in [1.82, 2.24) is 0 Å². The van der Waals surface area contributed by atoms with E-state index in [1.807, 2.05) is 0 Å². The molecule has 1 aromatic carbocycles. The van der Waals surface area contributed by atoms with Crippen molar-refractivity contribution in [2.45, 2.75) is 19.3 Å². The van der Waals surface area contributed by atoms with E-state index in [-0.39, 0.29) is 24.4 Å². The second-order valence-corrected chi connectivity index (χ2v) is 5.02. The van der Waals surface area contributed by atoms with Crippen molar-refractivity contribution in [2.24, 2.45) is 17.1 Å². The fourth-order valence-electron chi connectivity index (χ4n) is 2.57. The predicted molar refractivity (Wildman–Crippen MR) is 66.3 cm³/mol. The summed E-state index contributed by atoms with van der Waals surface area (Å²) in [6.45, 7) is 0.0697. The first-order valence-electron chi connectivity index (χ1n) is 6.26. The second kappa shape index (κ2) is 5.25. The van der Waals surface area contributed by atoms with Gasteiger partial charge in [-0.1, -0.05) is 12.1 Å². The number of methoxy groups -OCH3 is 1. The zero-order valence-electron chi connectivity index (χ0n) is 10.8. The Morgan fingerprint density at radius 2 is 2.16 bits per heavy atom. The third kappa shape index (κ3) is 2.47. The van der Waals surface area contributed by atoms with Gasteiger partial charge < -0.3 is 10.5 Å². The maximum Gasteiger partial charge on any atom is 0.313 e. The lowest BCUT2D eigenvalue weighted by Crippen LogP contribution is -2.43. The van der Waals surface area contributed by atoms with Crippen LogP contribution in [0.3, 0.4) is 0 Å². The van der Waals surface area contributed by atoms with E-state index >= 15 is 0 Å². The van der Waals surface area contributed by atoms with E-state index in [4.69, 9.17) is 10.5 Å². The molecule has 104 valence electrons. The number of benzene rings is 1. The normalized spacial score (nSPS) is 17.9. The molecule has 1 unspecified atom stereocenters. The number of hydrogen-bond acceptors (Lipinski definition) is 3. The Bertz CT molecular complexity index is 488. The molecule has 0 amide bonds. The van der Waals surface area contributed by atoms with Gasteiger partial charge in [-0.25, -0.2) is 8.78 Å². The maximum atomic E-state index is 13.8. The van der Waals surface area contributed by atoms with E-state index in [0.717, 1.165) is 18.9 Å². The SMILES string of the molecule is COC(=O)C(CN)(Cc1cccc(F)c1F)C1CC1. The van der Waals surface area contributed by atoms with Gasteiger partial charge in [0, 0.05) is 6.54 Å². The van der Waals surface area contributed by atoms with E-state index < -0.39 is 23.0 Å². The van der Waals surface area contributed by atoms with Gasteiger partial charge in [-0.05, 0) is 36.8 Å². The molecule has 1 atom stereocenters. The summed E-state index contributed by atoms with van der Waals surface area (Å²) in [6.07, 6.45) is 1.80. The summed E-state index contributed by atoms with van der Waals surface area (Å²) < 4.78 is 31.8. The Morgan fingerprint density at radius 3 is 2.68 bits per heavy atom. The largest absolute Gasteiger partial charge is 0.469 e. The molecule has 0 bridgehead atoms. The first kappa shape index (κ1) is 13.9. The fraction of sp³-hybridized carbons (Fsp3) is 0.500. The average molecular weight is 269 g/mol. The van der Waals surface area contributed by atoms with E-state index in [1.165, 1.54) is 19.2 Å². The molecule has 3 nitrogen and oxygen atoms in total. The van der Waals surface area contributed by atoms with Gasteiger partial charge in [-0.3, -0.25) is 4.79 Å². The van der Waals surface area contributed by atoms with Gasteiger partial charge in [0.1, 0.15) is 0 Å². The number of esters is 1. The minimum absolute atomic E-state index is 0.0697. The van der Waals surface area contributed by atoms with Gasteiger partial charge in [-0.2, -0.15) is 0 Å². The van der Waals surface area contributed by atoms with Crippen LogP contribution in [-0.2, 0) is 16.0 Å². The topological polar surface area (TPSA) is 52.3 Å². The molecule has 5 heteroatoms. The Kier molecular flexibility index (Phi) is 3.85. The first-order valence-corrected chi connectivity index (χ1v) is 6.26. The summed E-state index contributed by atoms with van der Waals surface area (Å²) >= 11 is 0. The molecular formula is C14H17F2NO2. The molecule has 1 aromatic rings. The molecule has 0 radical (unpaired) electrons. The van der Waals surface area contributed by atoms with Gasteiger partial charge >= 0.3 is 5.97 Å². The van der Waals surface area contributed by atoms with Crippen LogP contribution in [0.1, 0.15) is 18.4 Å². The number of nitrogens with two attached hydrogens (primary N) is 1. The molecule has 2 rings (SSSR count). The summed E-state index contributed by atoms with van der Waals surface area (Å²) in [7, 11) is 1.29. The van der Waals surface area contributed by atoms with Crippen LogP contribution in [0.4, 0.5) is 8.78 Å². The number of carbonyl (C=O) groups is 1. The van der Waals surface area contributed by atoms with E-state index in [9.17, 15) is 13.6 Å². The number of ether oxygens (including phenoxy) is 1. The number of rotatable bonds is 5. The van der Waals surface area contributed by atoms with Crippen LogP contribution < -0.4 is 5.73 Å². The van der Waals surface area contributed by atoms with Crippen molar-refractivity contribution >= 4 is 5.97 Å². The molecule has 0 saturated heterocycles. The van der Waals surface area contributed by atoms with Crippen molar-refractivity contribution in [2.75, 3.05) is 13.7 Å². The minimum Gasteiger partial charge on any atom is -0.469 e. The van der Waals surface area contributed by atoms with E-state index in [2.05, 4.69) is 0 Å². The monoisotopic (exact) mass is 269 g/mol. The van der Waals surface area contributed by atoms with Crippen LogP contribution >= 0.6 is 0 Å². The third-order valence-electron chi connectivity index (χ3n) is 3.85. The van der Waals surface area contributed by atoms with Crippen LogP contribution in [0.15, 0.2) is 18.2 Å². The molecule has 1 aliphatic carbocycles. The highest BCUT2D eigenvalue weighted by Crippen LogP contribution is 2.48. The van der Waals surface area contributed by atoms with E-state index in [0.29, 0.717) is 0 Å². The zero-order chi connectivity index (χ0) is 14.0. The van der Waals surface area contributed by atoms with Crippen molar-refractivity contribution in [3.05, 3.63) is 35.4 Å². The Labute approximate surface area is 110 Å². The van der Waals surface area contributed by atoms with Crippen molar-refractivity contribution < 1.29 is 18.3 Å². The average Bonchev–Trinajstić information content (AvgIpc) is 3.24. The van der Waals surface area contributed by atoms with Gasteiger partial charge in [0.05, 0.1) is 12.5 Å².